The van der Waals surface area contributed by atoms with Gasteiger partial charge < -0.3 is 9.73 Å². The molecular formula is C12H11ClN2O2. The lowest BCUT2D eigenvalue weighted by molar-refractivity contribution is 0.0995. The minimum atomic E-state index is -0.340. The molecule has 0 saturated heterocycles. The van der Waals surface area contributed by atoms with E-state index in [0.29, 0.717) is 11.4 Å². The number of pyridine rings is 1. The van der Waals surface area contributed by atoms with Crippen LogP contribution in [-0.2, 0) is 0 Å². The van der Waals surface area contributed by atoms with E-state index in [9.17, 15) is 4.79 Å². The van der Waals surface area contributed by atoms with Crippen LogP contribution in [0, 0.1) is 13.8 Å². The van der Waals surface area contributed by atoms with Crippen molar-refractivity contribution in [3.63, 3.8) is 0 Å². The van der Waals surface area contributed by atoms with E-state index in [1.54, 1.807) is 31.3 Å². The van der Waals surface area contributed by atoms with Crippen molar-refractivity contribution in [3.8, 4) is 0 Å². The van der Waals surface area contributed by atoms with Crippen LogP contribution in [0.15, 0.2) is 28.8 Å². The maximum absolute atomic E-state index is 11.8. The Morgan fingerprint density at radius 1 is 1.41 bits per heavy atom. The highest BCUT2D eigenvalue weighted by Gasteiger charge is 2.12. The molecule has 1 N–H and O–H groups in total. The molecule has 0 bridgehead atoms. The van der Waals surface area contributed by atoms with E-state index in [1.165, 1.54) is 0 Å². The van der Waals surface area contributed by atoms with Gasteiger partial charge in [-0.3, -0.25) is 4.79 Å². The van der Waals surface area contributed by atoms with Crippen molar-refractivity contribution in [2.24, 2.45) is 0 Å². The van der Waals surface area contributed by atoms with Crippen LogP contribution in [0.25, 0.3) is 0 Å². The minimum absolute atomic E-state index is 0.250. The quantitative estimate of drug-likeness (QED) is 0.833. The average molecular weight is 251 g/mol. The average Bonchev–Trinajstić information content (AvgIpc) is 2.70. The largest absolute Gasteiger partial charge is 0.456 e. The molecule has 0 fully saturated rings. The normalized spacial score (nSPS) is 10.3. The molecule has 2 aromatic heterocycles. The SMILES string of the molecule is Cc1cnc(Cl)c(NC(=O)c2ccc(C)o2)c1. The Morgan fingerprint density at radius 3 is 2.82 bits per heavy atom. The van der Waals surface area contributed by atoms with E-state index in [4.69, 9.17) is 16.0 Å². The van der Waals surface area contributed by atoms with Gasteiger partial charge in [0.15, 0.2) is 10.9 Å². The molecule has 0 aromatic carbocycles. The molecule has 5 heteroatoms. The Hall–Kier alpha value is -1.81. The first-order chi connectivity index (χ1) is 8.06. The lowest BCUT2D eigenvalue weighted by Gasteiger charge is -2.05. The number of hydrogen-bond acceptors (Lipinski definition) is 3. The Kier molecular flexibility index (Phi) is 3.15. The Balaban J connectivity index is 2.21. The first-order valence-corrected chi connectivity index (χ1v) is 5.44. The lowest BCUT2D eigenvalue weighted by Crippen LogP contribution is -2.11. The van der Waals surface area contributed by atoms with Gasteiger partial charge in [-0.2, -0.15) is 0 Å². The molecule has 0 saturated carbocycles. The number of rotatable bonds is 2. The second-order valence-corrected chi connectivity index (χ2v) is 4.07. The predicted molar refractivity (Wildman–Crippen MR) is 65.4 cm³/mol. The number of nitrogens with one attached hydrogen (secondary N) is 1. The van der Waals surface area contributed by atoms with Gasteiger partial charge in [0.05, 0.1) is 5.69 Å². The number of hydrogen-bond donors (Lipinski definition) is 1. The maximum atomic E-state index is 11.8. The topological polar surface area (TPSA) is 55.1 Å². The third kappa shape index (κ3) is 2.65. The summed E-state index contributed by atoms with van der Waals surface area (Å²) in [6.07, 6.45) is 1.63. The summed E-state index contributed by atoms with van der Waals surface area (Å²) < 4.78 is 5.21. The Labute approximate surface area is 104 Å². The molecule has 0 spiro atoms. The predicted octanol–water partition coefficient (Wildman–Crippen LogP) is 3.20. The third-order valence-corrected chi connectivity index (χ3v) is 2.49. The van der Waals surface area contributed by atoms with Gasteiger partial charge in [-0.1, -0.05) is 11.6 Å². The highest BCUT2D eigenvalue weighted by Crippen LogP contribution is 2.20. The minimum Gasteiger partial charge on any atom is -0.456 e. The van der Waals surface area contributed by atoms with Gasteiger partial charge in [-0.25, -0.2) is 4.98 Å². The van der Waals surface area contributed by atoms with E-state index < -0.39 is 0 Å². The van der Waals surface area contributed by atoms with Crippen LogP contribution in [0.5, 0.6) is 0 Å². The van der Waals surface area contributed by atoms with Gasteiger partial charge in [0.1, 0.15) is 5.76 Å². The van der Waals surface area contributed by atoms with Crippen molar-refractivity contribution in [3.05, 3.63) is 46.6 Å². The van der Waals surface area contributed by atoms with Crippen LogP contribution < -0.4 is 5.32 Å². The number of nitrogens with zero attached hydrogens (tertiary/aromatic N) is 1. The van der Waals surface area contributed by atoms with Crippen molar-refractivity contribution in [1.29, 1.82) is 0 Å². The van der Waals surface area contributed by atoms with E-state index in [0.717, 1.165) is 5.56 Å². The standard InChI is InChI=1S/C12H11ClN2O2/c1-7-5-9(11(13)14-6-7)15-12(16)10-4-3-8(2)17-10/h3-6H,1-2H3,(H,15,16). The van der Waals surface area contributed by atoms with Crippen molar-refractivity contribution in [2.45, 2.75) is 13.8 Å². The second kappa shape index (κ2) is 4.59. The first kappa shape index (κ1) is 11.7. The number of carbonyl (C=O) groups excluding carboxylic acids is 1. The van der Waals surface area contributed by atoms with Crippen LogP contribution >= 0.6 is 11.6 Å². The summed E-state index contributed by atoms with van der Waals surface area (Å²) in [4.78, 5) is 15.8. The summed E-state index contributed by atoms with van der Waals surface area (Å²) >= 11 is 5.88. The molecule has 2 aromatic rings. The monoisotopic (exact) mass is 250 g/mol. The fourth-order valence-electron chi connectivity index (χ4n) is 1.38. The molecule has 0 aliphatic carbocycles. The molecule has 0 atom stereocenters. The zero-order valence-corrected chi connectivity index (χ0v) is 10.2. The molecule has 1 amide bonds. The summed E-state index contributed by atoms with van der Waals surface area (Å²) in [6, 6.07) is 5.09. The number of aromatic nitrogens is 1. The maximum Gasteiger partial charge on any atom is 0.291 e. The molecule has 88 valence electrons. The number of carbonyl (C=O) groups is 1. The summed E-state index contributed by atoms with van der Waals surface area (Å²) in [5, 5.41) is 2.91. The van der Waals surface area contributed by atoms with Gasteiger partial charge in [0.25, 0.3) is 5.91 Å². The third-order valence-electron chi connectivity index (χ3n) is 2.19. The fourth-order valence-corrected chi connectivity index (χ4v) is 1.53. The van der Waals surface area contributed by atoms with Crippen LogP contribution in [-0.4, -0.2) is 10.9 Å². The molecule has 17 heavy (non-hydrogen) atoms. The van der Waals surface area contributed by atoms with Gasteiger partial charge in [0, 0.05) is 6.20 Å². The van der Waals surface area contributed by atoms with E-state index >= 15 is 0 Å². The number of anilines is 1. The van der Waals surface area contributed by atoms with Crippen molar-refractivity contribution in [2.75, 3.05) is 5.32 Å². The number of furan rings is 1. The Bertz CT molecular complexity index is 563. The summed E-state index contributed by atoms with van der Waals surface area (Å²) in [6.45, 7) is 3.65. The fraction of sp³-hybridized carbons (Fsp3) is 0.167. The molecule has 0 radical (unpaired) electrons. The molecule has 4 nitrogen and oxygen atoms in total. The zero-order valence-electron chi connectivity index (χ0n) is 9.45. The first-order valence-electron chi connectivity index (χ1n) is 5.06. The molecule has 2 heterocycles. The van der Waals surface area contributed by atoms with Crippen molar-refractivity contribution >= 4 is 23.2 Å². The van der Waals surface area contributed by atoms with Crippen molar-refractivity contribution in [1.82, 2.24) is 4.98 Å². The van der Waals surface area contributed by atoms with Crippen molar-refractivity contribution < 1.29 is 9.21 Å². The molecule has 0 unspecified atom stereocenters. The molecule has 0 aliphatic rings. The Morgan fingerprint density at radius 2 is 2.18 bits per heavy atom. The van der Waals surface area contributed by atoms with Gasteiger partial charge in [0.2, 0.25) is 0 Å². The highest BCUT2D eigenvalue weighted by molar-refractivity contribution is 6.32. The molecule has 2 rings (SSSR count). The smallest absolute Gasteiger partial charge is 0.291 e. The van der Waals surface area contributed by atoms with Gasteiger partial charge in [-0.05, 0) is 37.6 Å². The zero-order chi connectivity index (χ0) is 12.4. The second-order valence-electron chi connectivity index (χ2n) is 3.72. The molecule has 0 aliphatic heterocycles. The van der Waals surface area contributed by atoms with E-state index in [-0.39, 0.29) is 16.8 Å². The summed E-state index contributed by atoms with van der Waals surface area (Å²) in [7, 11) is 0. The van der Waals surface area contributed by atoms with Crippen LogP contribution in [0.4, 0.5) is 5.69 Å². The number of halogens is 1. The lowest BCUT2D eigenvalue weighted by atomic mass is 10.3. The van der Waals surface area contributed by atoms with Crippen LogP contribution in [0.1, 0.15) is 21.9 Å². The van der Waals surface area contributed by atoms with Gasteiger partial charge >= 0.3 is 0 Å². The van der Waals surface area contributed by atoms with Gasteiger partial charge in [-0.15, -0.1) is 0 Å². The highest BCUT2D eigenvalue weighted by atomic mass is 35.5. The number of amides is 1. The van der Waals surface area contributed by atoms with E-state index in [2.05, 4.69) is 10.3 Å². The number of aryl methyl sites for hydroxylation is 2. The van der Waals surface area contributed by atoms with Crippen LogP contribution in [0.3, 0.4) is 0 Å². The van der Waals surface area contributed by atoms with E-state index in [1.807, 2.05) is 6.92 Å². The summed E-state index contributed by atoms with van der Waals surface area (Å²) in [5.74, 6) is 0.594. The molecular weight excluding hydrogens is 240 g/mol. The summed E-state index contributed by atoms with van der Waals surface area (Å²) in [5.41, 5.74) is 1.39. The van der Waals surface area contributed by atoms with Crippen LogP contribution in [0.2, 0.25) is 5.15 Å².